The van der Waals surface area contributed by atoms with Crippen molar-refractivity contribution in [3.63, 3.8) is 0 Å². The number of hydrogen-bond donors (Lipinski definition) is 4. The van der Waals surface area contributed by atoms with Gasteiger partial charge in [0.25, 0.3) is 0 Å². The number of anilines is 6. The Labute approximate surface area is 184 Å². The maximum atomic E-state index is 3.48. The van der Waals surface area contributed by atoms with Crippen LogP contribution in [0.1, 0.15) is 12.5 Å². The summed E-state index contributed by atoms with van der Waals surface area (Å²) in [5.74, 6) is 0. The van der Waals surface area contributed by atoms with Gasteiger partial charge in [-0.2, -0.15) is 0 Å². The van der Waals surface area contributed by atoms with Crippen molar-refractivity contribution in [3.05, 3.63) is 109 Å². The summed E-state index contributed by atoms with van der Waals surface area (Å²) in [5.41, 5.74) is 7.80. The normalized spacial score (nSPS) is 10.4. The van der Waals surface area contributed by atoms with Gasteiger partial charge in [-0.1, -0.05) is 30.3 Å². The van der Waals surface area contributed by atoms with Crippen molar-refractivity contribution in [2.45, 2.75) is 13.5 Å². The molecule has 0 radical (unpaired) electrons. The predicted octanol–water partition coefficient (Wildman–Crippen LogP) is 7.22. The van der Waals surface area contributed by atoms with E-state index >= 15 is 0 Å². The van der Waals surface area contributed by atoms with Gasteiger partial charge < -0.3 is 21.3 Å². The molecule has 4 N–H and O–H groups in total. The number of rotatable bonds is 9. The summed E-state index contributed by atoms with van der Waals surface area (Å²) in [4.78, 5) is 0. The average molecular weight is 409 g/mol. The van der Waals surface area contributed by atoms with Gasteiger partial charge >= 0.3 is 0 Å². The van der Waals surface area contributed by atoms with Crippen molar-refractivity contribution < 1.29 is 0 Å². The van der Waals surface area contributed by atoms with Crippen molar-refractivity contribution in [3.8, 4) is 0 Å². The molecule has 0 aliphatic rings. The molecule has 0 spiro atoms. The Bertz CT molecular complexity index is 1060. The fourth-order valence-corrected chi connectivity index (χ4v) is 3.31. The first-order valence-corrected chi connectivity index (χ1v) is 10.6. The number of para-hydroxylation sites is 1. The smallest absolute Gasteiger partial charge is 0.0400 e. The Kier molecular flexibility index (Phi) is 6.71. The van der Waals surface area contributed by atoms with Crippen LogP contribution in [0.5, 0.6) is 0 Å². The minimum absolute atomic E-state index is 0.781. The van der Waals surface area contributed by atoms with Crippen LogP contribution in [0, 0.1) is 0 Å². The highest BCUT2D eigenvalue weighted by molar-refractivity contribution is 5.64. The average Bonchev–Trinajstić information content (AvgIpc) is 2.82. The summed E-state index contributed by atoms with van der Waals surface area (Å²) in [6.07, 6.45) is 0. The first-order valence-electron chi connectivity index (χ1n) is 10.6. The van der Waals surface area contributed by atoms with Gasteiger partial charge in [0.15, 0.2) is 0 Å². The molecule has 4 heteroatoms. The molecule has 156 valence electrons. The van der Waals surface area contributed by atoms with Crippen molar-refractivity contribution in [2.24, 2.45) is 0 Å². The second-order valence-electron chi connectivity index (χ2n) is 7.35. The zero-order valence-electron chi connectivity index (χ0n) is 17.7. The lowest BCUT2D eigenvalue weighted by atomic mass is 10.2. The minimum Gasteiger partial charge on any atom is -0.385 e. The summed E-state index contributed by atoms with van der Waals surface area (Å²) in [7, 11) is 0. The van der Waals surface area contributed by atoms with E-state index in [4.69, 9.17) is 0 Å². The number of hydrogen-bond acceptors (Lipinski definition) is 4. The Balaban J connectivity index is 1.28. The third-order valence-electron chi connectivity index (χ3n) is 4.95. The molecule has 4 rings (SSSR count). The van der Waals surface area contributed by atoms with Crippen LogP contribution in [0.3, 0.4) is 0 Å². The van der Waals surface area contributed by atoms with Crippen LogP contribution in [-0.4, -0.2) is 6.54 Å². The molecule has 0 heterocycles. The molecule has 0 aliphatic carbocycles. The third-order valence-corrected chi connectivity index (χ3v) is 4.95. The standard InChI is InChI=1S/C27H28N4/c1-2-28-22-12-16-27(17-13-22)31-25-10-8-21(9-11-25)20-29-23-14-18-26(19-15-23)30-24-6-4-3-5-7-24/h3-19,28-31H,2,20H2,1H3. The Morgan fingerprint density at radius 1 is 0.452 bits per heavy atom. The summed E-state index contributed by atoms with van der Waals surface area (Å²) in [6.45, 7) is 3.81. The maximum absolute atomic E-state index is 3.48. The molecule has 0 bridgehead atoms. The largest absolute Gasteiger partial charge is 0.385 e. The first-order chi connectivity index (χ1) is 15.3. The van der Waals surface area contributed by atoms with Crippen LogP contribution in [0.4, 0.5) is 34.1 Å². The molecule has 0 amide bonds. The predicted molar refractivity (Wildman–Crippen MR) is 134 cm³/mol. The summed E-state index contributed by atoms with van der Waals surface area (Å²) in [6, 6.07) is 35.4. The highest BCUT2D eigenvalue weighted by atomic mass is 14.9. The zero-order valence-corrected chi connectivity index (χ0v) is 17.7. The molecule has 4 nitrogen and oxygen atoms in total. The van der Waals surface area contributed by atoms with E-state index in [2.05, 4.69) is 113 Å². The van der Waals surface area contributed by atoms with Gasteiger partial charge in [0.05, 0.1) is 0 Å². The van der Waals surface area contributed by atoms with Crippen LogP contribution in [0.15, 0.2) is 103 Å². The molecule has 0 saturated heterocycles. The van der Waals surface area contributed by atoms with Crippen molar-refractivity contribution in [2.75, 3.05) is 27.8 Å². The van der Waals surface area contributed by atoms with E-state index in [1.54, 1.807) is 0 Å². The van der Waals surface area contributed by atoms with Gasteiger partial charge in [0.2, 0.25) is 0 Å². The van der Waals surface area contributed by atoms with Crippen LogP contribution in [0.25, 0.3) is 0 Å². The lowest BCUT2D eigenvalue weighted by molar-refractivity contribution is 1.15. The molecular formula is C27H28N4. The lowest BCUT2D eigenvalue weighted by Gasteiger charge is -2.11. The second-order valence-corrected chi connectivity index (χ2v) is 7.35. The molecule has 0 fully saturated rings. The number of nitrogens with one attached hydrogen (secondary N) is 4. The van der Waals surface area contributed by atoms with Crippen LogP contribution in [-0.2, 0) is 6.54 Å². The second kappa shape index (κ2) is 10.2. The molecule has 4 aromatic carbocycles. The van der Waals surface area contributed by atoms with Crippen molar-refractivity contribution in [1.29, 1.82) is 0 Å². The van der Waals surface area contributed by atoms with E-state index < -0.39 is 0 Å². The number of benzene rings is 4. The van der Waals surface area contributed by atoms with Crippen LogP contribution in [0.2, 0.25) is 0 Å². The van der Waals surface area contributed by atoms with E-state index in [9.17, 15) is 0 Å². The fourth-order valence-electron chi connectivity index (χ4n) is 3.31. The van der Waals surface area contributed by atoms with Crippen LogP contribution < -0.4 is 21.3 Å². The van der Waals surface area contributed by atoms with E-state index in [1.165, 1.54) is 5.56 Å². The van der Waals surface area contributed by atoms with E-state index in [1.807, 2.05) is 18.2 Å². The van der Waals surface area contributed by atoms with Crippen molar-refractivity contribution >= 4 is 34.1 Å². The molecule has 0 saturated carbocycles. The summed E-state index contributed by atoms with van der Waals surface area (Å²) in [5, 5.41) is 13.6. The van der Waals surface area contributed by atoms with Gasteiger partial charge in [-0.3, -0.25) is 0 Å². The van der Waals surface area contributed by atoms with Gasteiger partial charge in [-0.15, -0.1) is 0 Å². The Morgan fingerprint density at radius 2 is 0.871 bits per heavy atom. The summed E-state index contributed by atoms with van der Waals surface area (Å²) < 4.78 is 0. The van der Waals surface area contributed by atoms with Crippen molar-refractivity contribution in [1.82, 2.24) is 0 Å². The van der Waals surface area contributed by atoms with E-state index in [0.29, 0.717) is 0 Å². The quantitative estimate of drug-likeness (QED) is 0.236. The third kappa shape index (κ3) is 6.03. The molecule has 0 aromatic heterocycles. The summed E-state index contributed by atoms with van der Waals surface area (Å²) >= 11 is 0. The van der Waals surface area contributed by atoms with Gasteiger partial charge in [-0.25, -0.2) is 0 Å². The van der Waals surface area contributed by atoms with Gasteiger partial charge in [-0.05, 0) is 85.3 Å². The Hall–Kier alpha value is -3.92. The lowest BCUT2D eigenvalue weighted by Crippen LogP contribution is -2.00. The van der Waals surface area contributed by atoms with Gasteiger partial charge in [0, 0.05) is 47.2 Å². The van der Waals surface area contributed by atoms with Crippen LogP contribution >= 0.6 is 0 Å². The highest BCUT2D eigenvalue weighted by Crippen LogP contribution is 2.21. The molecule has 0 atom stereocenters. The highest BCUT2D eigenvalue weighted by Gasteiger charge is 1.99. The molecule has 31 heavy (non-hydrogen) atoms. The monoisotopic (exact) mass is 408 g/mol. The fraction of sp³-hybridized carbons (Fsp3) is 0.111. The zero-order chi connectivity index (χ0) is 21.3. The van der Waals surface area contributed by atoms with E-state index in [-0.39, 0.29) is 0 Å². The van der Waals surface area contributed by atoms with Gasteiger partial charge in [0.1, 0.15) is 0 Å². The molecule has 0 unspecified atom stereocenters. The van der Waals surface area contributed by atoms with E-state index in [0.717, 1.165) is 47.2 Å². The minimum atomic E-state index is 0.781. The Morgan fingerprint density at radius 3 is 1.39 bits per heavy atom. The SMILES string of the molecule is CCNc1ccc(Nc2ccc(CNc3ccc(Nc4ccccc4)cc3)cc2)cc1. The maximum Gasteiger partial charge on any atom is 0.0400 e. The topological polar surface area (TPSA) is 48.1 Å². The molecule has 4 aromatic rings. The molecule has 0 aliphatic heterocycles. The molecular weight excluding hydrogens is 380 g/mol. The first kappa shape index (κ1) is 20.4.